The zero-order valence-corrected chi connectivity index (χ0v) is 22.8. The molecule has 4 aromatic rings. The Balaban J connectivity index is 1.29. The Labute approximate surface area is 227 Å². The average Bonchev–Trinajstić information content (AvgIpc) is 3.30. The number of benzene rings is 1. The standard InChI is InChI=1S/C29H32N6O2S/c1-20-16-21(10-11-24(20)37-18-22-8-4-6-13-30-22)33-28-27-23-12-15-35(26(36)9-5-7-14-34(2)3)17-25(23)38-29(27)32-19-31-28/h4-6,8-11,13,16,19H,7,12,14-15,17-18H2,1-3H3,(H,31,32,33)/b9-5+. The number of aromatic nitrogens is 3. The van der Waals surface area contributed by atoms with E-state index < -0.39 is 0 Å². The number of carbonyl (C=O) groups excluding carboxylic acids is 1. The highest BCUT2D eigenvalue weighted by Gasteiger charge is 2.25. The van der Waals surface area contributed by atoms with Crippen molar-refractivity contribution in [3.8, 4) is 5.75 Å². The van der Waals surface area contributed by atoms with Crippen LogP contribution in [0.4, 0.5) is 11.5 Å². The number of amides is 1. The Hall–Kier alpha value is -3.82. The van der Waals surface area contributed by atoms with Crippen molar-refractivity contribution in [3.63, 3.8) is 0 Å². The molecule has 0 saturated carbocycles. The summed E-state index contributed by atoms with van der Waals surface area (Å²) in [6, 6.07) is 11.8. The molecule has 1 aromatic carbocycles. The van der Waals surface area contributed by atoms with Gasteiger partial charge < -0.3 is 19.9 Å². The normalized spacial score (nSPS) is 13.3. The lowest BCUT2D eigenvalue weighted by Gasteiger charge is -2.26. The van der Waals surface area contributed by atoms with Gasteiger partial charge in [-0.1, -0.05) is 12.1 Å². The molecule has 9 heteroatoms. The van der Waals surface area contributed by atoms with Gasteiger partial charge in [0.25, 0.3) is 0 Å². The first-order valence-corrected chi connectivity index (χ1v) is 13.6. The number of anilines is 2. The highest BCUT2D eigenvalue weighted by atomic mass is 32.1. The van der Waals surface area contributed by atoms with E-state index in [2.05, 4.69) is 31.2 Å². The molecule has 0 radical (unpaired) electrons. The third kappa shape index (κ3) is 6.00. The zero-order chi connectivity index (χ0) is 26.5. The molecule has 0 aliphatic carbocycles. The van der Waals surface area contributed by atoms with Crippen molar-refractivity contribution in [1.82, 2.24) is 24.8 Å². The molecule has 1 aliphatic heterocycles. The van der Waals surface area contributed by atoms with Gasteiger partial charge in [-0.05, 0) is 81.4 Å². The number of rotatable bonds is 9. The van der Waals surface area contributed by atoms with Gasteiger partial charge in [0, 0.05) is 29.9 Å². The molecule has 1 N–H and O–H groups in total. The molecule has 1 aliphatic rings. The van der Waals surface area contributed by atoms with Crippen LogP contribution in [0.25, 0.3) is 10.2 Å². The van der Waals surface area contributed by atoms with Crippen LogP contribution in [0.5, 0.6) is 5.75 Å². The number of carbonyl (C=O) groups is 1. The first kappa shape index (κ1) is 25.8. The van der Waals surface area contributed by atoms with Gasteiger partial charge in [-0.2, -0.15) is 0 Å². The van der Waals surface area contributed by atoms with Crippen LogP contribution in [-0.2, 0) is 24.4 Å². The summed E-state index contributed by atoms with van der Waals surface area (Å²) in [7, 11) is 4.07. The maximum absolute atomic E-state index is 12.7. The number of pyridine rings is 1. The van der Waals surface area contributed by atoms with Crippen LogP contribution in [0.15, 0.2) is 61.1 Å². The SMILES string of the molecule is Cc1cc(Nc2ncnc3sc4c(c23)CCN(C(=O)/C=C/CCN(C)C)C4)ccc1OCc1ccccn1. The van der Waals surface area contributed by atoms with Crippen molar-refractivity contribution in [1.29, 1.82) is 0 Å². The second-order valence-corrected chi connectivity index (χ2v) is 10.7. The number of ether oxygens (including phenoxy) is 1. The van der Waals surface area contributed by atoms with Crippen LogP contribution in [0.2, 0.25) is 0 Å². The van der Waals surface area contributed by atoms with E-state index >= 15 is 0 Å². The van der Waals surface area contributed by atoms with Crippen molar-refractivity contribution in [2.24, 2.45) is 0 Å². The Morgan fingerprint density at radius 1 is 1.21 bits per heavy atom. The third-order valence-electron chi connectivity index (χ3n) is 6.49. The van der Waals surface area contributed by atoms with Crippen molar-refractivity contribution in [2.45, 2.75) is 32.9 Å². The maximum atomic E-state index is 12.7. The molecule has 3 aromatic heterocycles. The summed E-state index contributed by atoms with van der Waals surface area (Å²) in [5.41, 5.74) is 4.08. The molecule has 0 atom stereocenters. The van der Waals surface area contributed by atoms with E-state index in [1.807, 2.05) is 62.3 Å². The smallest absolute Gasteiger partial charge is 0.246 e. The van der Waals surface area contributed by atoms with Crippen LogP contribution < -0.4 is 10.1 Å². The van der Waals surface area contributed by atoms with Crippen molar-refractivity contribution >= 4 is 39.0 Å². The molecule has 0 spiro atoms. The van der Waals surface area contributed by atoms with Gasteiger partial charge in [-0.3, -0.25) is 9.78 Å². The minimum Gasteiger partial charge on any atom is -0.487 e. The first-order valence-electron chi connectivity index (χ1n) is 12.7. The number of hydrogen-bond donors (Lipinski definition) is 1. The highest BCUT2D eigenvalue weighted by molar-refractivity contribution is 7.19. The van der Waals surface area contributed by atoms with Crippen molar-refractivity contribution < 1.29 is 9.53 Å². The van der Waals surface area contributed by atoms with E-state index in [1.54, 1.807) is 29.9 Å². The summed E-state index contributed by atoms with van der Waals surface area (Å²) in [6.07, 6.45) is 8.69. The number of nitrogens with one attached hydrogen (secondary N) is 1. The lowest BCUT2D eigenvalue weighted by atomic mass is 10.0. The summed E-state index contributed by atoms with van der Waals surface area (Å²) >= 11 is 1.65. The lowest BCUT2D eigenvalue weighted by Crippen LogP contribution is -2.34. The van der Waals surface area contributed by atoms with Gasteiger partial charge in [-0.25, -0.2) is 9.97 Å². The Morgan fingerprint density at radius 2 is 2.11 bits per heavy atom. The second kappa shape index (κ2) is 11.7. The molecule has 5 rings (SSSR count). The summed E-state index contributed by atoms with van der Waals surface area (Å²) in [6.45, 7) is 4.67. The number of hydrogen-bond acceptors (Lipinski definition) is 8. The van der Waals surface area contributed by atoms with E-state index in [9.17, 15) is 4.79 Å². The first-order chi connectivity index (χ1) is 18.5. The third-order valence-corrected chi connectivity index (χ3v) is 7.62. The fourth-order valence-corrected chi connectivity index (χ4v) is 5.70. The van der Waals surface area contributed by atoms with Crippen LogP contribution in [0, 0.1) is 6.92 Å². The summed E-state index contributed by atoms with van der Waals surface area (Å²) < 4.78 is 5.98. The molecule has 0 bridgehead atoms. The molecule has 4 heterocycles. The van der Waals surface area contributed by atoms with E-state index in [-0.39, 0.29) is 5.91 Å². The summed E-state index contributed by atoms with van der Waals surface area (Å²) in [4.78, 5) is 32.3. The molecular weight excluding hydrogens is 496 g/mol. The fourth-order valence-electron chi connectivity index (χ4n) is 4.49. The van der Waals surface area contributed by atoms with Crippen LogP contribution in [0.1, 0.15) is 28.1 Å². The quantitative estimate of drug-likeness (QED) is 0.302. The Morgan fingerprint density at radius 3 is 2.89 bits per heavy atom. The highest BCUT2D eigenvalue weighted by Crippen LogP contribution is 2.38. The lowest BCUT2D eigenvalue weighted by molar-refractivity contribution is -0.126. The Bertz CT molecular complexity index is 1450. The maximum Gasteiger partial charge on any atom is 0.246 e. The van der Waals surface area contributed by atoms with E-state index in [4.69, 9.17) is 4.74 Å². The van der Waals surface area contributed by atoms with E-state index in [0.717, 1.165) is 58.1 Å². The predicted molar refractivity (Wildman–Crippen MR) is 152 cm³/mol. The minimum absolute atomic E-state index is 0.0668. The van der Waals surface area contributed by atoms with Crippen LogP contribution >= 0.6 is 11.3 Å². The Kier molecular flexibility index (Phi) is 7.95. The van der Waals surface area contributed by atoms with Gasteiger partial charge in [0.05, 0.1) is 17.6 Å². The van der Waals surface area contributed by atoms with Gasteiger partial charge in [-0.15, -0.1) is 11.3 Å². The largest absolute Gasteiger partial charge is 0.487 e. The molecule has 0 unspecified atom stereocenters. The van der Waals surface area contributed by atoms with Gasteiger partial charge in [0.2, 0.25) is 5.91 Å². The molecule has 8 nitrogen and oxygen atoms in total. The number of fused-ring (bicyclic) bond motifs is 3. The average molecular weight is 529 g/mol. The topological polar surface area (TPSA) is 83.5 Å². The van der Waals surface area contributed by atoms with E-state index in [0.29, 0.717) is 19.7 Å². The van der Waals surface area contributed by atoms with Gasteiger partial charge in [0.1, 0.15) is 29.3 Å². The number of nitrogens with zero attached hydrogens (tertiary/aromatic N) is 5. The zero-order valence-electron chi connectivity index (χ0n) is 22.0. The molecular formula is C29H32N6O2S. The van der Waals surface area contributed by atoms with Crippen LogP contribution in [0.3, 0.4) is 0 Å². The van der Waals surface area contributed by atoms with Crippen molar-refractivity contribution in [2.75, 3.05) is 32.5 Å². The molecule has 0 saturated heterocycles. The molecule has 1 amide bonds. The van der Waals surface area contributed by atoms with Gasteiger partial charge in [0.15, 0.2) is 0 Å². The van der Waals surface area contributed by atoms with Crippen LogP contribution in [-0.4, -0.2) is 57.8 Å². The molecule has 38 heavy (non-hydrogen) atoms. The monoisotopic (exact) mass is 528 g/mol. The molecule has 196 valence electrons. The minimum atomic E-state index is 0.0668. The number of thiophene rings is 1. The fraction of sp³-hybridized carbons (Fsp3) is 0.310. The summed E-state index contributed by atoms with van der Waals surface area (Å²) in [5.74, 6) is 1.68. The van der Waals surface area contributed by atoms with Gasteiger partial charge >= 0.3 is 0 Å². The second-order valence-electron chi connectivity index (χ2n) is 9.63. The molecule has 0 fully saturated rings. The predicted octanol–water partition coefficient (Wildman–Crippen LogP) is 5.11. The van der Waals surface area contributed by atoms with E-state index in [1.165, 1.54) is 10.4 Å². The number of aryl methyl sites for hydroxylation is 1. The summed E-state index contributed by atoms with van der Waals surface area (Å²) in [5, 5.41) is 4.54. The van der Waals surface area contributed by atoms with Crippen molar-refractivity contribution in [3.05, 3.63) is 82.8 Å².